The molecule has 1 unspecified atom stereocenters. The molecule has 2 aromatic carbocycles. The molecule has 0 radical (unpaired) electrons. The van der Waals surface area contributed by atoms with E-state index in [2.05, 4.69) is 107 Å². The Morgan fingerprint density at radius 1 is 0.578 bits per heavy atom. The van der Waals surface area contributed by atoms with Crippen LogP contribution >= 0.6 is 0 Å². The highest BCUT2D eigenvalue weighted by Crippen LogP contribution is 2.40. The lowest BCUT2D eigenvalue weighted by Crippen LogP contribution is -2.26. The fourth-order valence-corrected chi connectivity index (χ4v) is 6.97. The molecule has 45 heavy (non-hydrogen) atoms. The van der Waals surface area contributed by atoms with Gasteiger partial charge >= 0.3 is 0 Å². The van der Waals surface area contributed by atoms with E-state index in [-0.39, 0.29) is 33.2 Å². The molecule has 0 aliphatic heterocycles. The molecular formula is C43H62O2. The van der Waals surface area contributed by atoms with Crippen LogP contribution in [-0.2, 0) is 10.8 Å². The molecule has 2 nitrogen and oxygen atoms in total. The lowest BCUT2D eigenvalue weighted by atomic mass is 9.72. The van der Waals surface area contributed by atoms with Crippen LogP contribution in [0.25, 0.3) is 0 Å². The zero-order valence-corrected chi connectivity index (χ0v) is 30.8. The van der Waals surface area contributed by atoms with Crippen molar-refractivity contribution in [3.05, 3.63) is 93.1 Å². The number of hydrogen-bond donors (Lipinski definition) is 0. The molecule has 0 N–H and O–H groups in total. The van der Waals surface area contributed by atoms with Crippen molar-refractivity contribution in [2.24, 2.45) is 10.8 Å². The zero-order chi connectivity index (χ0) is 33.8. The lowest BCUT2D eigenvalue weighted by molar-refractivity contribution is 0.0978. The van der Waals surface area contributed by atoms with E-state index in [1.807, 2.05) is 24.3 Å². The van der Waals surface area contributed by atoms with Gasteiger partial charge in [-0.25, -0.2) is 0 Å². The van der Waals surface area contributed by atoms with Crippen molar-refractivity contribution in [3.63, 3.8) is 0 Å². The smallest absolute Gasteiger partial charge is 0.194 e. The number of hydrogen-bond acceptors (Lipinski definition) is 2. The number of allylic oxidation sites excluding steroid dienone is 4. The summed E-state index contributed by atoms with van der Waals surface area (Å²) in [7, 11) is 0. The van der Waals surface area contributed by atoms with Gasteiger partial charge in [0.2, 0.25) is 0 Å². The Balaban J connectivity index is 1.87. The monoisotopic (exact) mass is 610 g/mol. The summed E-state index contributed by atoms with van der Waals surface area (Å²) < 4.78 is 0. The predicted octanol–water partition coefficient (Wildman–Crippen LogP) is 12.5. The van der Waals surface area contributed by atoms with Crippen LogP contribution in [0.3, 0.4) is 0 Å². The van der Waals surface area contributed by atoms with E-state index in [4.69, 9.17) is 0 Å². The number of ketones is 2. The largest absolute Gasteiger partial charge is 0.289 e. The minimum atomic E-state index is -0.116. The van der Waals surface area contributed by atoms with Crippen LogP contribution in [0, 0.1) is 10.8 Å². The number of benzene rings is 2. The molecule has 0 amide bonds. The molecule has 0 heterocycles. The lowest BCUT2D eigenvalue weighted by Gasteiger charge is -2.32. The second kappa shape index (κ2) is 14.4. The second-order valence-electron chi connectivity index (χ2n) is 16.1. The maximum atomic E-state index is 13.9. The van der Waals surface area contributed by atoms with Gasteiger partial charge in [0.15, 0.2) is 11.6 Å². The van der Waals surface area contributed by atoms with Gasteiger partial charge in [0.05, 0.1) is 0 Å². The SMILES string of the molecule is CCCC(C)(C)C(C)=CCCC(C)(C)c1ccc2c(c1)C(=O)c1ccc(C(C)(CCC)CCC=C(C)C(C)(C)CC)cc1C2=O. The molecule has 1 aliphatic carbocycles. The van der Waals surface area contributed by atoms with Crippen molar-refractivity contribution >= 4 is 11.6 Å². The fraction of sp³-hybridized carbons (Fsp3) is 0.581. The highest BCUT2D eigenvalue weighted by atomic mass is 16.1. The molecule has 0 bridgehead atoms. The molecule has 0 saturated carbocycles. The van der Waals surface area contributed by atoms with Crippen LogP contribution in [0.1, 0.15) is 184 Å². The average molecular weight is 611 g/mol. The topological polar surface area (TPSA) is 34.1 Å². The number of rotatable bonds is 15. The van der Waals surface area contributed by atoms with E-state index in [0.29, 0.717) is 22.3 Å². The summed E-state index contributed by atoms with van der Waals surface area (Å²) in [5.74, 6) is -0.0554. The molecular weight excluding hydrogens is 548 g/mol. The van der Waals surface area contributed by atoms with Crippen molar-refractivity contribution < 1.29 is 9.59 Å². The second-order valence-corrected chi connectivity index (χ2v) is 16.1. The maximum absolute atomic E-state index is 13.9. The third-order valence-electron chi connectivity index (χ3n) is 11.6. The quantitative estimate of drug-likeness (QED) is 0.160. The first kappa shape index (κ1) is 36.7. The van der Waals surface area contributed by atoms with Gasteiger partial charge in [-0.3, -0.25) is 9.59 Å². The first-order valence-corrected chi connectivity index (χ1v) is 17.7. The molecule has 0 spiro atoms. The highest BCUT2D eigenvalue weighted by molar-refractivity contribution is 6.28. The van der Waals surface area contributed by atoms with E-state index >= 15 is 0 Å². The van der Waals surface area contributed by atoms with E-state index in [0.717, 1.165) is 56.1 Å². The highest BCUT2D eigenvalue weighted by Gasteiger charge is 2.34. The minimum absolute atomic E-state index is 0.0261. The molecule has 2 heteroatoms. The van der Waals surface area contributed by atoms with E-state index in [1.54, 1.807) is 0 Å². The van der Waals surface area contributed by atoms with Crippen molar-refractivity contribution in [1.29, 1.82) is 0 Å². The first-order chi connectivity index (χ1) is 20.9. The van der Waals surface area contributed by atoms with Crippen LogP contribution < -0.4 is 0 Å². The number of carbonyl (C=O) groups excluding carboxylic acids is 2. The van der Waals surface area contributed by atoms with E-state index in [1.165, 1.54) is 24.0 Å². The van der Waals surface area contributed by atoms with E-state index < -0.39 is 0 Å². The Labute approximate surface area is 276 Å². The Morgan fingerprint density at radius 2 is 1.04 bits per heavy atom. The van der Waals surface area contributed by atoms with Crippen LogP contribution in [0.5, 0.6) is 0 Å². The van der Waals surface area contributed by atoms with E-state index in [9.17, 15) is 9.59 Å². The molecule has 0 saturated heterocycles. The minimum Gasteiger partial charge on any atom is -0.289 e. The molecule has 1 atom stereocenters. The molecule has 3 rings (SSSR count). The van der Waals surface area contributed by atoms with Gasteiger partial charge in [0, 0.05) is 22.3 Å². The first-order valence-electron chi connectivity index (χ1n) is 17.7. The maximum Gasteiger partial charge on any atom is 0.194 e. The summed E-state index contributed by atoms with van der Waals surface area (Å²) in [5.41, 5.74) is 7.63. The van der Waals surface area contributed by atoms with Gasteiger partial charge in [0.1, 0.15) is 0 Å². The summed E-state index contributed by atoms with van der Waals surface area (Å²) >= 11 is 0. The Hall–Kier alpha value is -2.74. The summed E-state index contributed by atoms with van der Waals surface area (Å²) in [6, 6.07) is 12.0. The molecule has 246 valence electrons. The molecule has 0 fully saturated rings. The predicted molar refractivity (Wildman–Crippen MR) is 194 cm³/mol. The van der Waals surface area contributed by atoms with Crippen molar-refractivity contribution in [2.45, 2.75) is 152 Å². The number of carbonyl (C=O) groups is 2. The van der Waals surface area contributed by atoms with Gasteiger partial charge in [-0.05, 0) is 116 Å². The normalized spacial score (nSPS) is 16.0. The third-order valence-corrected chi connectivity index (χ3v) is 11.6. The van der Waals surface area contributed by atoms with Crippen molar-refractivity contribution in [2.75, 3.05) is 0 Å². The Kier molecular flexibility index (Phi) is 11.7. The van der Waals surface area contributed by atoms with Crippen molar-refractivity contribution in [3.8, 4) is 0 Å². The molecule has 0 aromatic heterocycles. The van der Waals surface area contributed by atoms with Crippen LogP contribution in [0.4, 0.5) is 0 Å². The summed E-state index contributed by atoms with van der Waals surface area (Å²) in [4.78, 5) is 27.8. The average Bonchev–Trinajstić information content (AvgIpc) is 2.99. The summed E-state index contributed by atoms with van der Waals surface area (Å²) in [6.07, 6.45) is 14.4. The van der Waals surface area contributed by atoms with Gasteiger partial charge in [-0.2, -0.15) is 0 Å². The summed E-state index contributed by atoms with van der Waals surface area (Å²) in [6.45, 7) is 27.3. The fourth-order valence-electron chi connectivity index (χ4n) is 6.97. The van der Waals surface area contributed by atoms with Gasteiger partial charge < -0.3 is 0 Å². The van der Waals surface area contributed by atoms with Gasteiger partial charge in [-0.15, -0.1) is 0 Å². The Morgan fingerprint density at radius 3 is 1.56 bits per heavy atom. The zero-order valence-electron chi connectivity index (χ0n) is 30.8. The van der Waals surface area contributed by atoms with Gasteiger partial charge in [0.25, 0.3) is 0 Å². The third kappa shape index (κ3) is 8.16. The molecule has 1 aliphatic rings. The summed E-state index contributed by atoms with van der Waals surface area (Å²) in [5, 5.41) is 0. The standard InChI is InChI=1S/C43H62O2/c1-13-24-41(8,9)31(5)18-16-26-42(10,11)32-20-22-34-36(28-32)38(44)35-23-21-33(29-37(35)39(34)45)43(12,25-14-2)27-17-19-30(4)40(6,7)15-3/h18-23,28-29H,13-17,24-27H2,1-12H3. The number of fused-ring (bicyclic) bond motifs is 2. The van der Waals surface area contributed by atoms with Crippen LogP contribution in [0.2, 0.25) is 0 Å². The van der Waals surface area contributed by atoms with Crippen LogP contribution in [-0.4, -0.2) is 11.6 Å². The van der Waals surface area contributed by atoms with Crippen molar-refractivity contribution in [1.82, 2.24) is 0 Å². The van der Waals surface area contributed by atoms with Crippen LogP contribution in [0.15, 0.2) is 59.7 Å². The Bertz CT molecular complexity index is 1440. The van der Waals surface area contributed by atoms with Gasteiger partial charge in [-0.1, -0.05) is 118 Å². The molecule has 2 aromatic rings.